The Morgan fingerprint density at radius 1 is 1.17 bits per heavy atom. The molecule has 1 heterocycles. The molecule has 2 rings (SSSR count). The van der Waals surface area contributed by atoms with E-state index >= 15 is 0 Å². The van der Waals surface area contributed by atoms with Crippen LogP contribution in [0.3, 0.4) is 0 Å². The maximum Gasteiger partial charge on any atom is 0.122 e. The average Bonchev–Trinajstić information content (AvgIpc) is 2.46. The zero-order valence-corrected chi connectivity index (χ0v) is 10.6. The smallest absolute Gasteiger partial charge is 0.122 e. The quantitative estimate of drug-likeness (QED) is 0.873. The van der Waals surface area contributed by atoms with Gasteiger partial charge in [-0.05, 0) is 17.7 Å². The molecular weight excluding hydrogens is 236 g/mol. The number of ether oxygens (including phenoxy) is 4. The van der Waals surface area contributed by atoms with Gasteiger partial charge in [0.05, 0.1) is 34.0 Å². The number of hydrogen-bond donors (Lipinski definition) is 1. The fraction of sp³-hybridized carbons (Fsp3) is 0.538. The van der Waals surface area contributed by atoms with Crippen molar-refractivity contribution in [3.8, 4) is 11.5 Å². The van der Waals surface area contributed by atoms with Crippen LogP contribution in [-0.4, -0.2) is 45.3 Å². The third kappa shape index (κ3) is 2.93. The van der Waals surface area contributed by atoms with Crippen molar-refractivity contribution in [2.45, 2.75) is 12.2 Å². The summed E-state index contributed by atoms with van der Waals surface area (Å²) in [5.41, 5.74) is 0.696. The monoisotopic (exact) mass is 254 g/mol. The number of aliphatic hydroxyl groups excluding tert-OH is 1. The van der Waals surface area contributed by atoms with Crippen molar-refractivity contribution in [3.05, 3.63) is 23.8 Å². The minimum Gasteiger partial charge on any atom is -0.497 e. The summed E-state index contributed by atoms with van der Waals surface area (Å²) in [6.45, 7) is 1.47. The summed E-state index contributed by atoms with van der Waals surface area (Å²) in [6.07, 6.45) is -1.11. The van der Waals surface area contributed by atoms with Crippen molar-refractivity contribution >= 4 is 0 Å². The molecule has 2 unspecified atom stereocenters. The van der Waals surface area contributed by atoms with Gasteiger partial charge in [-0.2, -0.15) is 0 Å². The molecule has 1 aromatic carbocycles. The summed E-state index contributed by atoms with van der Waals surface area (Å²) >= 11 is 0. The van der Waals surface area contributed by atoms with Gasteiger partial charge >= 0.3 is 0 Å². The van der Waals surface area contributed by atoms with Gasteiger partial charge in [-0.15, -0.1) is 0 Å². The molecule has 1 N–H and O–H groups in total. The van der Waals surface area contributed by atoms with Crippen LogP contribution in [0.25, 0.3) is 0 Å². The van der Waals surface area contributed by atoms with Gasteiger partial charge in [0.25, 0.3) is 0 Å². The Kier molecular flexibility index (Phi) is 4.41. The summed E-state index contributed by atoms with van der Waals surface area (Å²) in [7, 11) is 3.15. The summed E-state index contributed by atoms with van der Waals surface area (Å²) in [5.74, 6) is 1.28. The molecular formula is C13H18O5. The van der Waals surface area contributed by atoms with Crippen molar-refractivity contribution in [1.29, 1.82) is 0 Å². The maximum absolute atomic E-state index is 10.3. The lowest BCUT2D eigenvalue weighted by Crippen LogP contribution is -2.33. The molecule has 5 nitrogen and oxygen atoms in total. The first-order valence-electron chi connectivity index (χ1n) is 5.85. The van der Waals surface area contributed by atoms with E-state index < -0.39 is 6.10 Å². The van der Waals surface area contributed by atoms with Crippen LogP contribution in [0.15, 0.2) is 18.2 Å². The molecule has 0 spiro atoms. The van der Waals surface area contributed by atoms with Crippen LogP contribution in [0.5, 0.6) is 11.5 Å². The molecule has 100 valence electrons. The number of benzene rings is 1. The second-order valence-corrected chi connectivity index (χ2v) is 4.07. The Morgan fingerprint density at radius 2 is 1.83 bits per heavy atom. The van der Waals surface area contributed by atoms with E-state index in [1.807, 2.05) is 0 Å². The van der Waals surface area contributed by atoms with Crippen LogP contribution in [0, 0.1) is 0 Å². The molecule has 1 aliphatic rings. The van der Waals surface area contributed by atoms with Gasteiger partial charge in [0.1, 0.15) is 23.7 Å². The Morgan fingerprint density at radius 3 is 2.33 bits per heavy atom. The minimum atomic E-state index is -0.755. The number of aliphatic hydroxyl groups is 1. The van der Waals surface area contributed by atoms with Crippen LogP contribution in [0.1, 0.15) is 11.7 Å². The van der Waals surface area contributed by atoms with Crippen LogP contribution >= 0.6 is 0 Å². The predicted octanol–water partition coefficient (Wildman–Crippen LogP) is 1.15. The van der Waals surface area contributed by atoms with E-state index in [2.05, 4.69) is 0 Å². The minimum absolute atomic E-state index is 0.351. The Labute approximate surface area is 106 Å². The van der Waals surface area contributed by atoms with Crippen molar-refractivity contribution in [1.82, 2.24) is 0 Å². The summed E-state index contributed by atoms with van der Waals surface area (Å²) in [5, 5.41) is 10.3. The fourth-order valence-electron chi connectivity index (χ4n) is 1.90. The number of rotatable bonds is 4. The molecule has 18 heavy (non-hydrogen) atoms. The van der Waals surface area contributed by atoms with E-state index in [9.17, 15) is 5.11 Å². The van der Waals surface area contributed by atoms with Gasteiger partial charge in [-0.3, -0.25) is 0 Å². The molecule has 1 aromatic rings. The van der Waals surface area contributed by atoms with Crippen molar-refractivity contribution in [2.24, 2.45) is 0 Å². The van der Waals surface area contributed by atoms with Gasteiger partial charge in [-0.25, -0.2) is 0 Å². The second kappa shape index (κ2) is 6.04. The van der Waals surface area contributed by atoms with E-state index in [0.29, 0.717) is 36.9 Å². The number of hydrogen-bond acceptors (Lipinski definition) is 5. The molecule has 1 fully saturated rings. The Balaban J connectivity index is 2.19. The largest absolute Gasteiger partial charge is 0.497 e. The summed E-state index contributed by atoms with van der Waals surface area (Å²) < 4.78 is 21.1. The molecule has 0 aromatic heterocycles. The lowest BCUT2D eigenvalue weighted by Gasteiger charge is -2.27. The second-order valence-electron chi connectivity index (χ2n) is 4.07. The van der Waals surface area contributed by atoms with E-state index in [-0.39, 0.29) is 6.10 Å². The van der Waals surface area contributed by atoms with Gasteiger partial charge in [0.15, 0.2) is 0 Å². The Bertz CT molecular complexity index is 365. The number of methoxy groups -OCH3 is 2. The average molecular weight is 254 g/mol. The zero-order chi connectivity index (χ0) is 13.0. The molecule has 0 aliphatic carbocycles. The molecule has 0 radical (unpaired) electrons. The third-order valence-electron chi connectivity index (χ3n) is 2.91. The van der Waals surface area contributed by atoms with Crippen LogP contribution in [0.2, 0.25) is 0 Å². The standard InChI is InChI=1S/C13H18O5/c1-15-10-5-9(6-11(7-10)16-2)13(14)12-8-17-3-4-18-12/h5-7,12-14H,3-4,8H2,1-2H3. The lowest BCUT2D eigenvalue weighted by molar-refractivity contribution is -0.133. The summed E-state index contributed by atoms with van der Waals surface area (Å²) in [4.78, 5) is 0. The first kappa shape index (κ1) is 13.1. The maximum atomic E-state index is 10.3. The first-order chi connectivity index (χ1) is 8.74. The van der Waals surface area contributed by atoms with E-state index in [4.69, 9.17) is 18.9 Å². The normalized spacial score (nSPS) is 21.4. The molecule has 1 aliphatic heterocycles. The van der Waals surface area contributed by atoms with Gasteiger partial charge < -0.3 is 24.1 Å². The highest BCUT2D eigenvalue weighted by Crippen LogP contribution is 2.29. The highest BCUT2D eigenvalue weighted by molar-refractivity contribution is 5.39. The van der Waals surface area contributed by atoms with Crippen molar-refractivity contribution in [3.63, 3.8) is 0 Å². The van der Waals surface area contributed by atoms with Gasteiger partial charge in [-0.1, -0.05) is 0 Å². The molecule has 0 bridgehead atoms. The highest BCUT2D eigenvalue weighted by Gasteiger charge is 2.25. The first-order valence-corrected chi connectivity index (χ1v) is 5.85. The van der Waals surface area contributed by atoms with E-state index in [1.54, 1.807) is 32.4 Å². The fourth-order valence-corrected chi connectivity index (χ4v) is 1.90. The molecule has 2 atom stereocenters. The van der Waals surface area contributed by atoms with Crippen LogP contribution < -0.4 is 9.47 Å². The van der Waals surface area contributed by atoms with Gasteiger partial charge in [0.2, 0.25) is 0 Å². The van der Waals surface area contributed by atoms with Gasteiger partial charge in [0, 0.05) is 6.07 Å². The van der Waals surface area contributed by atoms with E-state index in [1.165, 1.54) is 0 Å². The van der Waals surface area contributed by atoms with Crippen LogP contribution in [-0.2, 0) is 9.47 Å². The molecule has 1 saturated heterocycles. The highest BCUT2D eigenvalue weighted by atomic mass is 16.6. The van der Waals surface area contributed by atoms with Crippen LogP contribution in [0.4, 0.5) is 0 Å². The van der Waals surface area contributed by atoms with Crippen molar-refractivity contribution in [2.75, 3.05) is 34.0 Å². The topological polar surface area (TPSA) is 57.2 Å². The summed E-state index contributed by atoms with van der Waals surface area (Å²) in [6, 6.07) is 5.30. The molecule has 5 heteroatoms. The third-order valence-corrected chi connectivity index (χ3v) is 2.91. The zero-order valence-electron chi connectivity index (χ0n) is 10.6. The van der Waals surface area contributed by atoms with E-state index in [0.717, 1.165) is 0 Å². The lowest BCUT2D eigenvalue weighted by atomic mass is 10.0. The van der Waals surface area contributed by atoms with Crippen molar-refractivity contribution < 1.29 is 24.1 Å². The predicted molar refractivity (Wildman–Crippen MR) is 65.1 cm³/mol. The SMILES string of the molecule is COc1cc(OC)cc(C(O)C2COCCO2)c1. The molecule has 0 saturated carbocycles. The molecule has 0 amide bonds. The Hall–Kier alpha value is -1.30.